The number of para-hydroxylation sites is 1. The van der Waals surface area contributed by atoms with Crippen LogP contribution in [0.3, 0.4) is 0 Å². The fourth-order valence-electron chi connectivity index (χ4n) is 1.27. The number of hydrogen-bond donors (Lipinski definition) is 1. The van der Waals surface area contributed by atoms with Crippen LogP contribution >= 0.6 is 0 Å². The Kier molecular flexibility index (Phi) is 2.11. The Balaban J connectivity index is 2.73. The second-order valence-corrected chi connectivity index (χ2v) is 2.97. The summed E-state index contributed by atoms with van der Waals surface area (Å²) in [6, 6.07) is 3.17. The zero-order chi connectivity index (χ0) is 11.9. The average molecular weight is 231 g/mol. The number of hydrogen-bond acceptors (Lipinski definition) is 3. The van der Waals surface area contributed by atoms with Gasteiger partial charge in [-0.3, -0.25) is 0 Å². The number of halogens is 3. The van der Waals surface area contributed by atoms with Crippen LogP contribution in [0.4, 0.5) is 13.2 Å². The van der Waals surface area contributed by atoms with E-state index in [1.165, 1.54) is 6.07 Å². The molecule has 1 aromatic carbocycles. The average Bonchev–Trinajstić information content (AvgIpc) is 2.58. The van der Waals surface area contributed by atoms with Gasteiger partial charge in [0.15, 0.2) is 5.58 Å². The zero-order valence-corrected chi connectivity index (χ0v) is 7.58. The number of carbonyl (C=O) groups is 1. The summed E-state index contributed by atoms with van der Waals surface area (Å²) in [6.45, 7) is 0. The van der Waals surface area contributed by atoms with E-state index in [2.05, 4.69) is 9.40 Å². The highest BCUT2D eigenvalue weighted by Gasteiger charge is 2.34. The first-order valence-corrected chi connectivity index (χ1v) is 4.09. The Morgan fingerprint density at radius 1 is 1.38 bits per heavy atom. The van der Waals surface area contributed by atoms with Gasteiger partial charge >= 0.3 is 18.0 Å². The van der Waals surface area contributed by atoms with Crippen LogP contribution in [0.25, 0.3) is 11.1 Å². The molecule has 16 heavy (non-hydrogen) atoms. The number of benzene rings is 1. The van der Waals surface area contributed by atoms with Crippen molar-refractivity contribution >= 4 is 17.1 Å². The first kappa shape index (κ1) is 10.5. The molecule has 4 nitrogen and oxygen atoms in total. The molecule has 0 radical (unpaired) electrons. The topological polar surface area (TPSA) is 63.3 Å². The number of rotatable bonds is 1. The molecule has 84 valence electrons. The van der Waals surface area contributed by atoms with Crippen molar-refractivity contribution in [3.63, 3.8) is 0 Å². The molecular formula is C9H4F3NO3. The molecule has 0 atom stereocenters. The molecule has 0 saturated carbocycles. The molecule has 1 aromatic heterocycles. The first-order valence-electron chi connectivity index (χ1n) is 4.09. The zero-order valence-electron chi connectivity index (χ0n) is 7.58. The summed E-state index contributed by atoms with van der Waals surface area (Å²) >= 11 is 0. The van der Waals surface area contributed by atoms with Crippen molar-refractivity contribution in [3.05, 3.63) is 29.7 Å². The monoisotopic (exact) mass is 231 g/mol. The maximum absolute atomic E-state index is 12.5. The number of aromatic carboxylic acids is 1. The molecule has 0 unspecified atom stereocenters. The van der Waals surface area contributed by atoms with Crippen molar-refractivity contribution in [3.8, 4) is 0 Å². The van der Waals surface area contributed by atoms with Crippen molar-refractivity contribution in [2.24, 2.45) is 0 Å². The minimum absolute atomic E-state index is 0.202. The molecule has 0 fully saturated rings. The van der Waals surface area contributed by atoms with Gasteiger partial charge in [0.1, 0.15) is 5.52 Å². The second-order valence-electron chi connectivity index (χ2n) is 2.97. The van der Waals surface area contributed by atoms with Crippen molar-refractivity contribution in [1.82, 2.24) is 4.98 Å². The highest BCUT2D eigenvalue weighted by Crippen LogP contribution is 2.34. The minimum Gasteiger partial charge on any atom is -0.474 e. The summed E-state index contributed by atoms with van der Waals surface area (Å²) in [5.74, 6) is -2.27. The lowest BCUT2D eigenvalue weighted by Gasteiger charge is -2.05. The van der Waals surface area contributed by atoms with Crippen molar-refractivity contribution < 1.29 is 27.5 Å². The normalized spacial score (nSPS) is 11.9. The highest BCUT2D eigenvalue weighted by molar-refractivity contribution is 5.87. The van der Waals surface area contributed by atoms with E-state index in [4.69, 9.17) is 5.11 Å². The Bertz CT molecular complexity index is 559. The first-order chi connectivity index (χ1) is 7.39. The fourth-order valence-corrected chi connectivity index (χ4v) is 1.27. The standard InChI is InChI=1S/C9H4F3NO3/c10-9(11,12)4-2-1-3-5-6(4)13-7(16-5)8(14)15/h1-3H,(H,14,15). The lowest BCUT2D eigenvalue weighted by molar-refractivity contribution is -0.136. The van der Waals surface area contributed by atoms with Gasteiger partial charge in [-0.1, -0.05) is 6.07 Å². The van der Waals surface area contributed by atoms with E-state index >= 15 is 0 Å². The van der Waals surface area contributed by atoms with Crippen LogP contribution in [0.5, 0.6) is 0 Å². The van der Waals surface area contributed by atoms with Gasteiger partial charge in [0.2, 0.25) is 0 Å². The summed E-state index contributed by atoms with van der Waals surface area (Å²) in [5.41, 5.74) is -1.71. The SMILES string of the molecule is O=C(O)c1nc2c(C(F)(F)F)cccc2o1. The molecule has 0 aliphatic carbocycles. The number of carboxylic acid groups (broad SMARTS) is 1. The van der Waals surface area contributed by atoms with Crippen LogP contribution in [0.15, 0.2) is 22.6 Å². The number of nitrogens with zero attached hydrogens (tertiary/aromatic N) is 1. The Morgan fingerprint density at radius 3 is 2.62 bits per heavy atom. The van der Waals surface area contributed by atoms with Crippen LogP contribution in [-0.4, -0.2) is 16.1 Å². The van der Waals surface area contributed by atoms with E-state index in [9.17, 15) is 18.0 Å². The molecule has 2 aromatic rings. The van der Waals surface area contributed by atoms with Gasteiger partial charge in [-0.05, 0) is 12.1 Å². The summed E-state index contributed by atoms with van der Waals surface area (Å²) in [7, 11) is 0. The van der Waals surface area contributed by atoms with Crippen LogP contribution < -0.4 is 0 Å². The Morgan fingerprint density at radius 2 is 2.06 bits per heavy atom. The summed E-state index contributed by atoms with van der Waals surface area (Å²) in [6.07, 6.45) is -4.59. The third-order valence-corrected chi connectivity index (χ3v) is 1.91. The van der Waals surface area contributed by atoms with Crippen molar-refractivity contribution in [2.45, 2.75) is 6.18 Å². The van der Waals surface area contributed by atoms with E-state index in [0.717, 1.165) is 12.1 Å². The fraction of sp³-hybridized carbons (Fsp3) is 0.111. The van der Waals surface area contributed by atoms with Crippen LogP contribution in [0.2, 0.25) is 0 Å². The summed E-state index contributed by atoms with van der Waals surface area (Å²) in [4.78, 5) is 13.8. The molecule has 0 amide bonds. The second kappa shape index (κ2) is 3.22. The van der Waals surface area contributed by atoms with E-state index < -0.39 is 29.1 Å². The molecule has 1 heterocycles. The van der Waals surface area contributed by atoms with Crippen molar-refractivity contribution in [2.75, 3.05) is 0 Å². The molecule has 0 spiro atoms. The van der Waals surface area contributed by atoms with E-state index in [0.29, 0.717) is 0 Å². The van der Waals surface area contributed by atoms with Crippen LogP contribution in [0.1, 0.15) is 16.2 Å². The van der Waals surface area contributed by atoms with E-state index in [1.54, 1.807) is 0 Å². The van der Waals surface area contributed by atoms with Crippen molar-refractivity contribution in [1.29, 1.82) is 0 Å². The molecule has 0 saturated heterocycles. The van der Waals surface area contributed by atoms with Gasteiger partial charge in [-0.2, -0.15) is 13.2 Å². The summed E-state index contributed by atoms with van der Waals surface area (Å²) < 4.78 is 42.2. The quantitative estimate of drug-likeness (QED) is 0.819. The van der Waals surface area contributed by atoms with Gasteiger partial charge in [0.05, 0.1) is 5.56 Å². The molecule has 0 aliphatic heterocycles. The molecular weight excluding hydrogens is 227 g/mol. The lowest BCUT2D eigenvalue weighted by atomic mass is 10.2. The number of oxazole rings is 1. The van der Waals surface area contributed by atoms with Crippen LogP contribution in [-0.2, 0) is 6.18 Å². The maximum Gasteiger partial charge on any atom is 0.418 e. The summed E-state index contributed by atoms with van der Waals surface area (Å²) in [5, 5.41) is 8.54. The third-order valence-electron chi connectivity index (χ3n) is 1.91. The Hall–Kier alpha value is -2.05. The predicted octanol–water partition coefficient (Wildman–Crippen LogP) is 2.54. The van der Waals surface area contributed by atoms with Gasteiger partial charge in [0.25, 0.3) is 0 Å². The largest absolute Gasteiger partial charge is 0.474 e. The van der Waals surface area contributed by atoms with Gasteiger partial charge in [0, 0.05) is 0 Å². The third kappa shape index (κ3) is 1.60. The molecule has 0 aliphatic rings. The highest BCUT2D eigenvalue weighted by atomic mass is 19.4. The van der Waals surface area contributed by atoms with Gasteiger partial charge in [-0.15, -0.1) is 0 Å². The van der Waals surface area contributed by atoms with E-state index in [1.807, 2.05) is 0 Å². The van der Waals surface area contributed by atoms with Gasteiger partial charge in [-0.25, -0.2) is 9.78 Å². The number of aromatic nitrogens is 1. The molecule has 1 N–H and O–H groups in total. The minimum atomic E-state index is -4.59. The number of alkyl halides is 3. The smallest absolute Gasteiger partial charge is 0.418 e. The Labute approximate surface area is 86.3 Å². The molecule has 2 rings (SSSR count). The number of carboxylic acids is 1. The van der Waals surface area contributed by atoms with E-state index in [-0.39, 0.29) is 5.58 Å². The number of fused-ring (bicyclic) bond motifs is 1. The van der Waals surface area contributed by atoms with Gasteiger partial charge < -0.3 is 9.52 Å². The molecule has 0 bridgehead atoms. The lowest BCUT2D eigenvalue weighted by Crippen LogP contribution is -2.05. The molecule has 7 heteroatoms. The maximum atomic E-state index is 12.5. The van der Waals surface area contributed by atoms with Crippen LogP contribution in [0, 0.1) is 0 Å². The predicted molar refractivity (Wildman–Crippen MR) is 46.0 cm³/mol.